The number of methoxy groups -OCH3 is 1. The maximum Gasteiger partial charge on any atom is 0.124 e. The van der Waals surface area contributed by atoms with E-state index in [2.05, 4.69) is 50.5 Å². The summed E-state index contributed by atoms with van der Waals surface area (Å²) < 4.78 is 5.38. The van der Waals surface area contributed by atoms with Crippen LogP contribution in [0.3, 0.4) is 0 Å². The van der Waals surface area contributed by atoms with Gasteiger partial charge in [0.2, 0.25) is 0 Å². The standard InChI is InChI=1S/C15H26N2O/c1-11-7-13(8-12(2)14(11)18-6)9-17-15(3,4)10-16-5/h7-8,16-17H,9-10H2,1-6H3. The third-order valence-corrected chi connectivity index (χ3v) is 3.11. The quantitative estimate of drug-likeness (QED) is 0.813. The van der Waals surface area contributed by atoms with Gasteiger partial charge < -0.3 is 15.4 Å². The summed E-state index contributed by atoms with van der Waals surface area (Å²) in [5.74, 6) is 0.994. The summed E-state index contributed by atoms with van der Waals surface area (Å²) in [6.07, 6.45) is 0. The molecule has 0 saturated heterocycles. The lowest BCUT2D eigenvalue weighted by Gasteiger charge is -2.26. The molecule has 0 aromatic heterocycles. The van der Waals surface area contributed by atoms with Gasteiger partial charge in [0.15, 0.2) is 0 Å². The van der Waals surface area contributed by atoms with E-state index in [1.54, 1.807) is 7.11 Å². The van der Waals surface area contributed by atoms with Gasteiger partial charge in [-0.2, -0.15) is 0 Å². The number of aryl methyl sites for hydroxylation is 2. The first-order valence-electron chi connectivity index (χ1n) is 6.43. The van der Waals surface area contributed by atoms with Crippen LogP contribution < -0.4 is 15.4 Å². The van der Waals surface area contributed by atoms with Gasteiger partial charge in [0.25, 0.3) is 0 Å². The zero-order chi connectivity index (χ0) is 13.8. The van der Waals surface area contributed by atoms with Crippen LogP contribution in [0.5, 0.6) is 5.75 Å². The Hall–Kier alpha value is -1.06. The lowest BCUT2D eigenvalue weighted by atomic mass is 10.0. The van der Waals surface area contributed by atoms with Gasteiger partial charge in [-0.3, -0.25) is 0 Å². The van der Waals surface area contributed by atoms with E-state index in [-0.39, 0.29) is 5.54 Å². The summed E-state index contributed by atoms with van der Waals surface area (Å²) in [5.41, 5.74) is 3.78. The molecular formula is C15H26N2O. The van der Waals surface area contributed by atoms with Crippen molar-refractivity contribution in [1.82, 2.24) is 10.6 Å². The van der Waals surface area contributed by atoms with Crippen molar-refractivity contribution in [3.63, 3.8) is 0 Å². The van der Waals surface area contributed by atoms with Crippen LogP contribution in [-0.4, -0.2) is 26.2 Å². The van der Waals surface area contributed by atoms with E-state index in [9.17, 15) is 0 Å². The summed E-state index contributed by atoms with van der Waals surface area (Å²) in [6.45, 7) is 10.4. The minimum absolute atomic E-state index is 0.0937. The Labute approximate surface area is 111 Å². The number of benzene rings is 1. The highest BCUT2D eigenvalue weighted by Gasteiger charge is 2.15. The molecule has 0 heterocycles. The monoisotopic (exact) mass is 250 g/mol. The number of rotatable bonds is 6. The van der Waals surface area contributed by atoms with E-state index in [0.29, 0.717) is 0 Å². The number of hydrogen-bond donors (Lipinski definition) is 2. The summed E-state index contributed by atoms with van der Waals surface area (Å²) in [6, 6.07) is 4.38. The highest BCUT2D eigenvalue weighted by molar-refractivity contribution is 5.43. The van der Waals surface area contributed by atoms with Crippen molar-refractivity contribution in [2.45, 2.75) is 39.8 Å². The van der Waals surface area contributed by atoms with Crippen LogP contribution in [0.2, 0.25) is 0 Å². The van der Waals surface area contributed by atoms with Crippen LogP contribution in [0, 0.1) is 13.8 Å². The molecule has 0 spiro atoms. The molecule has 1 aromatic rings. The molecule has 0 atom stereocenters. The lowest BCUT2D eigenvalue weighted by Crippen LogP contribution is -2.46. The molecule has 0 amide bonds. The zero-order valence-corrected chi connectivity index (χ0v) is 12.5. The van der Waals surface area contributed by atoms with Crippen LogP contribution >= 0.6 is 0 Å². The average molecular weight is 250 g/mol. The van der Waals surface area contributed by atoms with Crippen LogP contribution in [0.4, 0.5) is 0 Å². The minimum atomic E-state index is 0.0937. The third kappa shape index (κ3) is 4.00. The smallest absolute Gasteiger partial charge is 0.124 e. The van der Waals surface area contributed by atoms with Crippen molar-refractivity contribution in [1.29, 1.82) is 0 Å². The van der Waals surface area contributed by atoms with Crippen molar-refractivity contribution in [2.75, 3.05) is 20.7 Å². The number of hydrogen-bond acceptors (Lipinski definition) is 3. The van der Waals surface area contributed by atoms with Gasteiger partial charge in [0, 0.05) is 18.6 Å². The fourth-order valence-corrected chi connectivity index (χ4v) is 2.31. The molecule has 0 aliphatic heterocycles. The third-order valence-electron chi connectivity index (χ3n) is 3.11. The molecule has 0 radical (unpaired) electrons. The second-order valence-corrected chi connectivity index (χ2v) is 5.53. The van der Waals surface area contributed by atoms with Crippen molar-refractivity contribution < 1.29 is 4.74 Å². The van der Waals surface area contributed by atoms with Crippen molar-refractivity contribution in [2.24, 2.45) is 0 Å². The van der Waals surface area contributed by atoms with Crippen LogP contribution in [0.15, 0.2) is 12.1 Å². The molecule has 0 fully saturated rings. The predicted molar refractivity (Wildman–Crippen MR) is 77.3 cm³/mol. The van der Waals surface area contributed by atoms with Crippen LogP contribution in [0.25, 0.3) is 0 Å². The molecule has 0 unspecified atom stereocenters. The Bertz CT molecular complexity index is 376. The van der Waals surface area contributed by atoms with E-state index in [1.165, 1.54) is 16.7 Å². The number of nitrogens with one attached hydrogen (secondary N) is 2. The summed E-state index contributed by atoms with van der Waals surface area (Å²) in [4.78, 5) is 0. The first-order chi connectivity index (χ1) is 8.39. The molecule has 0 aliphatic carbocycles. The van der Waals surface area contributed by atoms with Gasteiger partial charge in [0.05, 0.1) is 7.11 Å². The Morgan fingerprint density at radius 1 is 1.17 bits per heavy atom. The first-order valence-corrected chi connectivity index (χ1v) is 6.43. The summed E-state index contributed by atoms with van der Waals surface area (Å²) in [7, 11) is 3.70. The first kappa shape index (κ1) is 15.0. The molecular weight excluding hydrogens is 224 g/mol. The highest BCUT2D eigenvalue weighted by atomic mass is 16.5. The molecule has 0 aliphatic rings. The summed E-state index contributed by atoms with van der Waals surface area (Å²) in [5, 5.41) is 6.77. The van der Waals surface area contributed by atoms with Crippen molar-refractivity contribution >= 4 is 0 Å². The Kier molecular flexibility index (Phi) is 5.17. The van der Waals surface area contributed by atoms with Gasteiger partial charge in [0.1, 0.15) is 5.75 Å². The fourth-order valence-electron chi connectivity index (χ4n) is 2.31. The van der Waals surface area contributed by atoms with Gasteiger partial charge in [-0.05, 0) is 51.4 Å². The van der Waals surface area contributed by atoms with Crippen LogP contribution in [0.1, 0.15) is 30.5 Å². The van der Waals surface area contributed by atoms with Gasteiger partial charge >= 0.3 is 0 Å². The lowest BCUT2D eigenvalue weighted by molar-refractivity contribution is 0.373. The van der Waals surface area contributed by atoms with Gasteiger partial charge in [-0.25, -0.2) is 0 Å². The molecule has 1 aromatic carbocycles. The number of ether oxygens (including phenoxy) is 1. The predicted octanol–water partition coefficient (Wildman–Crippen LogP) is 2.40. The number of likely N-dealkylation sites (N-methyl/N-ethyl adjacent to an activating group) is 1. The SMILES string of the molecule is CNCC(C)(C)NCc1cc(C)c(OC)c(C)c1. The van der Waals surface area contributed by atoms with Gasteiger partial charge in [-0.1, -0.05) is 12.1 Å². The molecule has 0 saturated carbocycles. The maximum atomic E-state index is 5.38. The maximum absolute atomic E-state index is 5.38. The van der Waals surface area contributed by atoms with Gasteiger partial charge in [-0.15, -0.1) is 0 Å². The highest BCUT2D eigenvalue weighted by Crippen LogP contribution is 2.24. The molecule has 18 heavy (non-hydrogen) atoms. The van der Waals surface area contributed by atoms with Crippen LogP contribution in [-0.2, 0) is 6.54 Å². The van der Waals surface area contributed by atoms with Crippen molar-refractivity contribution in [3.8, 4) is 5.75 Å². The second-order valence-electron chi connectivity index (χ2n) is 5.53. The van der Waals surface area contributed by atoms with E-state index < -0.39 is 0 Å². The Morgan fingerprint density at radius 2 is 1.72 bits per heavy atom. The topological polar surface area (TPSA) is 33.3 Å². The van der Waals surface area contributed by atoms with E-state index in [4.69, 9.17) is 4.74 Å². The Morgan fingerprint density at radius 3 is 2.17 bits per heavy atom. The average Bonchev–Trinajstić information content (AvgIpc) is 2.26. The molecule has 1 rings (SSSR count). The van der Waals surface area contributed by atoms with Crippen molar-refractivity contribution in [3.05, 3.63) is 28.8 Å². The Balaban J connectivity index is 2.75. The van der Waals surface area contributed by atoms with E-state index in [0.717, 1.165) is 18.8 Å². The van der Waals surface area contributed by atoms with E-state index in [1.807, 2.05) is 7.05 Å². The van der Waals surface area contributed by atoms with E-state index >= 15 is 0 Å². The molecule has 2 N–H and O–H groups in total. The normalized spacial score (nSPS) is 11.7. The molecule has 0 bridgehead atoms. The largest absolute Gasteiger partial charge is 0.496 e. The zero-order valence-electron chi connectivity index (χ0n) is 12.5. The molecule has 3 heteroatoms. The molecule has 3 nitrogen and oxygen atoms in total. The fraction of sp³-hybridized carbons (Fsp3) is 0.600. The second kappa shape index (κ2) is 6.21. The molecule has 102 valence electrons. The summed E-state index contributed by atoms with van der Waals surface area (Å²) >= 11 is 0. The minimum Gasteiger partial charge on any atom is -0.496 e.